The van der Waals surface area contributed by atoms with E-state index >= 15 is 0 Å². The highest BCUT2D eigenvalue weighted by Crippen LogP contribution is 2.22. The molecule has 5 nitrogen and oxygen atoms in total. The van der Waals surface area contributed by atoms with Crippen molar-refractivity contribution in [1.29, 1.82) is 0 Å². The van der Waals surface area contributed by atoms with Crippen molar-refractivity contribution in [3.8, 4) is 0 Å². The first-order valence-corrected chi connectivity index (χ1v) is 8.85. The van der Waals surface area contributed by atoms with Gasteiger partial charge in [0, 0.05) is 19.1 Å². The Morgan fingerprint density at radius 1 is 0.923 bits per heavy atom. The summed E-state index contributed by atoms with van der Waals surface area (Å²) in [4.78, 5) is 9.12. The fourth-order valence-corrected chi connectivity index (χ4v) is 3.12. The lowest BCUT2D eigenvalue weighted by Gasteiger charge is -2.32. The van der Waals surface area contributed by atoms with E-state index in [0.717, 1.165) is 0 Å². The zero-order valence-corrected chi connectivity index (χ0v) is 14.7. The zero-order valence-electron chi connectivity index (χ0n) is 14.7. The number of nitrogens with zero attached hydrogens (tertiary/aromatic N) is 2. The molecule has 0 unspecified atom stereocenters. The molecule has 26 heavy (non-hydrogen) atoms. The van der Waals surface area contributed by atoms with E-state index in [1.807, 2.05) is 36.4 Å². The molecule has 0 aliphatic carbocycles. The molecule has 2 atom stereocenters. The fraction of sp³-hybridized carbons (Fsp3) is 0.286. The number of aromatic amines is 1. The van der Waals surface area contributed by atoms with Gasteiger partial charge in [0.1, 0.15) is 0 Å². The number of aromatic nitrogens is 2. The van der Waals surface area contributed by atoms with Crippen molar-refractivity contribution in [3.63, 3.8) is 0 Å². The van der Waals surface area contributed by atoms with Gasteiger partial charge in [0.2, 0.25) is 0 Å². The predicted octanol–water partition coefficient (Wildman–Crippen LogP) is 2.90. The molecule has 2 aromatic carbocycles. The minimum absolute atomic E-state index is 0.0230. The lowest BCUT2D eigenvalue weighted by Crippen LogP contribution is -2.38. The first-order chi connectivity index (χ1) is 12.8. The summed E-state index contributed by atoms with van der Waals surface area (Å²) in [6.45, 7) is 1.39. The van der Waals surface area contributed by atoms with E-state index in [-0.39, 0.29) is 12.6 Å². The summed E-state index contributed by atoms with van der Waals surface area (Å²) in [7, 11) is 0. The molecule has 5 heteroatoms. The molecular weight excluding hydrogens is 326 g/mol. The summed E-state index contributed by atoms with van der Waals surface area (Å²) in [5, 5.41) is 20.5. The van der Waals surface area contributed by atoms with Gasteiger partial charge in [-0.15, -0.1) is 0 Å². The lowest BCUT2D eigenvalue weighted by atomic mass is 10.0. The van der Waals surface area contributed by atoms with Gasteiger partial charge in [-0.1, -0.05) is 60.7 Å². The van der Waals surface area contributed by atoms with Crippen LogP contribution in [-0.2, 0) is 13.1 Å². The average Bonchev–Trinajstić information content (AvgIpc) is 3.22. The number of H-pyrrole nitrogens is 1. The predicted molar refractivity (Wildman–Crippen MR) is 101 cm³/mol. The number of nitrogens with one attached hydrogen (secondary N) is 1. The SMILES string of the molecule is OC[C@H](C[C@@H](O)c1cnc[nH]1)N(Cc1ccccc1)Cc1ccccc1. The minimum atomic E-state index is -0.691. The summed E-state index contributed by atoms with van der Waals surface area (Å²) < 4.78 is 0. The number of benzene rings is 2. The van der Waals surface area contributed by atoms with Gasteiger partial charge in [0.15, 0.2) is 0 Å². The molecule has 0 bridgehead atoms. The maximum atomic E-state index is 10.5. The van der Waals surface area contributed by atoms with E-state index in [4.69, 9.17) is 0 Å². The second-order valence-electron chi connectivity index (χ2n) is 6.47. The Morgan fingerprint density at radius 3 is 1.96 bits per heavy atom. The summed E-state index contributed by atoms with van der Waals surface area (Å²) in [5.41, 5.74) is 3.03. The van der Waals surface area contributed by atoms with Crippen LogP contribution in [0.1, 0.15) is 29.3 Å². The largest absolute Gasteiger partial charge is 0.395 e. The molecule has 0 fully saturated rings. The molecule has 0 radical (unpaired) electrons. The van der Waals surface area contributed by atoms with Gasteiger partial charge in [0.25, 0.3) is 0 Å². The van der Waals surface area contributed by atoms with Gasteiger partial charge in [-0.3, -0.25) is 4.90 Å². The zero-order chi connectivity index (χ0) is 18.2. The summed E-state index contributed by atoms with van der Waals surface area (Å²) in [5.74, 6) is 0. The molecule has 3 N–H and O–H groups in total. The quantitative estimate of drug-likeness (QED) is 0.554. The second kappa shape index (κ2) is 9.29. The van der Waals surface area contributed by atoms with Crippen molar-refractivity contribution in [1.82, 2.24) is 14.9 Å². The Kier molecular flexibility index (Phi) is 6.55. The first-order valence-electron chi connectivity index (χ1n) is 8.85. The molecule has 0 aliphatic heterocycles. The van der Waals surface area contributed by atoms with E-state index in [1.54, 1.807) is 12.5 Å². The van der Waals surface area contributed by atoms with Crippen LogP contribution in [0, 0.1) is 0 Å². The van der Waals surface area contributed by atoms with Crippen LogP contribution >= 0.6 is 0 Å². The van der Waals surface area contributed by atoms with Crippen LogP contribution in [0.5, 0.6) is 0 Å². The van der Waals surface area contributed by atoms with Crippen molar-refractivity contribution in [3.05, 3.63) is 90.0 Å². The van der Waals surface area contributed by atoms with Crippen LogP contribution in [-0.4, -0.2) is 37.7 Å². The van der Waals surface area contributed by atoms with Gasteiger partial charge < -0.3 is 15.2 Å². The molecule has 0 aliphatic rings. The summed E-state index contributed by atoms with van der Waals surface area (Å²) in [6.07, 6.45) is 2.91. The molecule has 136 valence electrons. The Labute approximate surface area is 154 Å². The highest BCUT2D eigenvalue weighted by atomic mass is 16.3. The summed E-state index contributed by atoms with van der Waals surface area (Å²) >= 11 is 0. The second-order valence-corrected chi connectivity index (χ2v) is 6.47. The van der Waals surface area contributed by atoms with E-state index in [9.17, 15) is 10.2 Å². The number of aliphatic hydroxyl groups is 2. The molecular formula is C21H25N3O2. The monoisotopic (exact) mass is 351 g/mol. The van der Waals surface area contributed by atoms with Gasteiger partial charge in [-0.2, -0.15) is 0 Å². The lowest BCUT2D eigenvalue weighted by molar-refractivity contribution is 0.0556. The number of hydrogen-bond acceptors (Lipinski definition) is 4. The van der Waals surface area contributed by atoms with E-state index in [1.165, 1.54) is 11.1 Å². The highest BCUT2D eigenvalue weighted by molar-refractivity contribution is 5.17. The van der Waals surface area contributed by atoms with Gasteiger partial charge in [-0.25, -0.2) is 4.98 Å². The third-order valence-corrected chi connectivity index (χ3v) is 4.56. The Hall–Kier alpha value is -2.47. The Balaban J connectivity index is 1.77. The molecule has 0 saturated carbocycles. The topological polar surface area (TPSA) is 72.4 Å². The van der Waals surface area contributed by atoms with Crippen LogP contribution in [0.4, 0.5) is 0 Å². The maximum absolute atomic E-state index is 10.5. The van der Waals surface area contributed by atoms with Crippen LogP contribution in [0.25, 0.3) is 0 Å². The normalized spacial score (nSPS) is 13.7. The molecule has 0 saturated heterocycles. The van der Waals surface area contributed by atoms with Crippen molar-refractivity contribution >= 4 is 0 Å². The first kappa shape index (κ1) is 18.3. The standard InChI is InChI=1S/C21H25N3O2/c25-15-19(11-21(26)20-12-22-16-23-20)24(13-17-7-3-1-4-8-17)14-18-9-5-2-6-10-18/h1-10,12,16,19,21,25-26H,11,13-15H2,(H,22,23)/t19-,21+/m0/s1. The van der Waals surface area contributed by atoms with E-state index in [2.05, 4.69) is 39.1 Å². The van der Waals surface area contributed by atoms with Crippen molar-refractivity contribution in [2.24, 2.45) is 0 Å². The molecule has 0 amide bonds. The summed E-state index contributed by atoms with van der Waals surface area (Å²) in [6, 6.07) is 20.2. The third kappa shape index (κ3) is 5.02. The number of hydrogen-bond donors (Lipinski definition) is 3. The van der Waals surface area contributed by atoms with E-state index in [0.29, 0.717) is 25.2 Å². The van der Waals surface area contributed by atoms with Gasteiger partial charge in [0.05, 0.1) is 30.9 Å². The smallest absolute Gasteiger partial charge is 0.0969 e. The fourth-order valence-electron chi connectivity index (χ4n) is 3.12. The average molecular weight is 351 g/mol. The molecule has 0 spiro atoms. The van der Waals surface area contributed by atoms with E-state index < -0.39 is 6.10 Å². The number of rotatable bonds is 9. The maximum Gasteiger partial charge on any atom is 0.0969 e. The Morgan fingerprint density at radius 2 is 1.50 bits per heavy atom. The molecule has 3 aromatic rings. The highest BCUT2D eigenvalue weighted by Gasteiger charge is 2.23. The van der Waals surface area contributed by atoms with Crippen molar-refractivity contribution < 1.29 is 10.2 Å². The van der Waals surface area contributed by atoms with Gasteiger partial charge in [-0.05, 0) is 17.5 Å². The third-order valence-electron chi connectivity index (χ3n) is 4.56. The number of imidazole rings is 1. The van der Waals surface area contributed by atoms with Gasteiger partial charge >= 0.3 is 0 Å². The van der Waals surface area contributed by atoms with Crippen LogP contribution in [0.3, 0.4) is 0 Å². The van der Waals surface area contributed by atoms with Crippen molar-refractivity contribution in [2.45, 2.75) is 31.7 Å². The van der Waals surface area contributed by atoms with Crippen molar-refractivity contribution in [2.75, 3.05) is 6.61 Å². The molecule has 1 heterocycles. The number of aliphatic hydroxyl groups excluding tert-OH is 2. The molecule has 1 aromatic heterocycles. The van der Waals surface area contributed by atoms with Crippen LogP contribution in [0.2, 0.25) is 0 Å². The Bertz CT molecular complexity index is 706. The van der Waals surface area contributed by atoms with Crippen LogP contribution < -0.4 is 0 Å². The minimum Gasteiger partial charge on any atom is -0.395 e. The van der Waals surface area contributed by atoms with Crippen LogP contribution in [0.15, 0.2) is 73.2 Å². The molecule has 3 rings (SSSR count).